The molecule has 0 aliphatic heterocycles. The number of amides is 1. The van der Waals surface area contributed by atoms with Crippen LogP contribution < -0.4 is 16.0 Å². The lowest BCUT2D eigenvalue weighted by Crippen LogP contribution is -2.08. The highest BCUT2D eigenvalue weighted by molar-refractivity contribution is 5.88. The molecule has 1 amide bonds. The molecule has 0 atom stereocenters. The number of benzene rings is 2. The van der Waals surface area contributed by atoms with Crippen molar-refractivity contribution >= 4 is 29.0 Å². The summed E-state index contributed by atoms with van der Waals surface area (Å²) in [7, 11) is 0. The van der Waals surface area contributed by atoms with Gasteiger partial charge in [-0.25, -0.2) is 0 Å². The van der Waals surface area contributed by atoms with Gasteiger partial charge in [0, 0.05) is 24.8 Å². The Balaban J connectivity index is 1.50. The van der Waals surface area contributed by atoms with E-state index in [-0.39, 0.29) is 5.91 Å². The molecule has 7 nitrogen and oxygen atoms in total. The van der Waals surface area contributed by atoms with E-state index in [9.17, 15) is 4.79 Å². The Bertz CT molecular complexity index is 867. The van der Waals surface area contributed by atoms with E-state index in [0.717, 1.165) is 30.8 Å². The van der Waals surface area contributed by atoms with Gasteiger partial charge in [-0.15, -0.1) is 5.10 Å². The minimum absolute atomic E-state index is 0.103. The first-order valence-electron chi connectivity index (χ1n) is 8.81. The van der Waals surface area contributed by atoms with Crippen LogP contribution in [-0.2, 0) is 11.2 Å². The Hall–Kier alpha value is -3.48. The number of aryl methyl sites for hydroxylation is 1. The van der Waals surface area contributed by atoms with Crippen molar-refractivity contribution in [3.8, 4) is 0 Å². The SMILES string of the molecule is CC(=O)Nc1ccc(Nc2nncc(NCCCc3ccccc3)n2)cc1. The quantitative estimate of drug-likeness (QED) is 0.530. The van der Waals surface area contributed by atoms with Crippen LogP contribution in [0, 0.1) is 0 Å². The Labute approximate surface area is 158 Å². The molecule has 0 unspecified atom stereocenters. The molecule has 0 fully saturated rings. The molecule has 138 valence electrons. The van der Waals surface area contributed by atoms with Crippen molar-refractivity contribution in [2.75, 3.05) is 22.5 Å². The number of hydrogen-bond donors (Lipinski definition) is 3. The Morgan fingerprint density at radius 2 is 1.74 bits per heavy atom. The normalized spacial score (nSPS) is 10.3. The molecule has 0 saturated carbocycles. The van der Waals surface area contributed by atoms with Crippen LogP contribution in [0.4, 0.5) is 23.1 Å². The van der Waals surface area contributed by atoms with Crippen LogP contribution in [0.1, 0.15) is 18.9 Å². The van der Waals surface area contributed by atoms with E-state index >= 15 is 0 Å². The molecule has 0 aliphatic carbocycles. The van der Waals surface area contributed by atoms with E-state index in [0.29, 0.717) is 11.8 Å². The smallest absolute Gasteiger partial charge is 0.249 e. The molecule has 27 heavy (non-hydrogen) atoms. The van der Waals surface area contributed by atoms with Gasteiger partial charge in [0.2, 0.25) is 11.9 Å². The zero-order valence-electron chi connectivity index (χ0n) is 15.1. The summed E-state index contributed by atoms with van der Waals surface area (Å²) in [6.45, 7) is 2.28. The van der Waals surface area contributed by atoms with Gasteiger partial charge in [0.15, 0.2) is 5.82 Å². The summed E-state index contributed by atoms with van der Waals surface area (Å²) < 4.78 is 0. The van der Waals surface area contributed by atoms with E-state index in [1.165, 1.54) is 12.5 Å². The summed E-state index contributed by atoms with van der Waals surface area (Å²) in [5.74, 6) is 0.986. The molecule has 0 spiro atoms. The van der Waals surface area contributed by atoms with Gasteiger partial charge >= 0.3 is 0 Å². The van der Waals surface area contributed by atoms with Gasteiger partial charge in [-0.3, -0.25) is 4.79 Å². The predicted octanol–water partition coefficient (Wildman–Crippen LogP) is 3.62. The molecule has 3 rings (SSSR count). The van der Waals surface area contributed by atoms with Gasteiger partial charge in [-0.1, -0.05) is 30.3 Å². The molecule has 2 aromatic carbocycles. The van der Waals surface area contributed by atoms with Crippen molar-refractivity contribution in [2.45, 2.75) is 19.8 Å². The summed E-state index contributed by atoms with van der Waals surface area (Å²) >= 11 is 0. The molecule has 3 aromatic rings. The Morgan fingerprint density at radius 1 is 1.00 bits per heavy atom. The summed E-state index contributed by atoms with van der Waals surface area (Å²) in [6.07, 6.45) is 3.62. The van der Waals surface area contributed by atoms with Gasteiger partial charge in [0.05, 0.1) is 6.20 Å². The van der Waals surface area contributed by atoms with Crippen molar-refractivity contribution in [2.24, 2.45) is 0 Å². The van der Waals surface area contributed by atoms with E-state index < -0.39 is 0 Å². The second-order valence-corrected chi connectivity index (χ2v) is 6.06. The first-order valence-corrected chi connectivity index (χ1v) is 8.81. The zero-order valence-corrected chi connectivity index (χ0v) is 15.1. The number of aromatic nitrogens is 3. The van der Waals surface area contributed by atoms with Gasteiger partial charge < -0.3 is 16.0 Å². The molecular weight excluding hydrogens is 340 g/mol. The average Bonchev–Trinajstić information content (AvgIpc) is 2.68. The average molecular weight is 362 g/mol. The lowest BCUT2D eigenvalue weighted by molar-refractivity contribution is -0.114. The first-order chi connectivity index (χ1) is 13.2. The standard InChI is InChI=1S/C20H22N6O/c1-15(27)23-17-9-11-18(12-10-17)24-20-25-19(14-22-26-20)21-13-5-8-16-6-3-2-4-7-16/h2-4,6-7,9-12,14H,5,8,13H2,1H3,(H,23,27)(H2,21,24,25,26). The third kappa shape index (κ3) is 6.07. The minimum Gasteiger partial charge on any atom is -0.369 e. The van der Waals surface area contributed by atoms with Crippen LogP contribution in [0.25, 0.3) is 0 Å². The number of nitrogens with zero attached hydrogens (tertiary/aromatic N) is 3. The fourth-order valence-electron chi connectivity index (χ4n) is 2.56. The van der Waals surface area contributed by atoms with Crippen LogP contribution in [0.5, 0.6) is 0 Å². The minimum atomic E-state index is -0.103. The van der Waals surface area contributed by atoms with Crippen molar-refractivity contribution in [1.29, 1.82) is 0 Å². The van der Waals surface area contributed by atoms with E-state index in [1.54, 1.807) is 6.20 Å². The van der Waals surface area contributed by atoms with E-state index in [4.69, 9.17) is 0 Å². The van der Waals surface area contributed by atoms with Crippen molar-refractivity contribution < 1.29 is 4.79 Å². The van der Waals surface area contributed by atoms with Crippen LogP contribution >= 0.6 is 0 Å². The van der Waals surface area contributed by atoms with Crippen LogP contribution in [-0.4, -0.2) is 27.6 Å². The second-order valence-electron chi connectivity index (χ2n) is 6.06. The molecule has 0 aliphatic rings. The number of carbonyl (C=O) groups excluding carboxylic acids is 1. The van der Waals surface area contributed by atoms with Gasteiger partial charge in [-0.05, 0) is 42.7 Å². The van der Waals surface area contributed by atoms with E-state index in [1.807, 2.05) is 30.3 Å². The lowest BCUT2D eigenvalue weighted by atomic mass is 10.1. The molecule has 0 radical (unpaired) electrons. The summed E-state index contributed by atoms with van der Waals surface area (Å²) in [5.41, 5.74) is 2.87. The van der Waals surface area contributed by atoms with Crippen LogP contribution in [0.2, 0.25) is 0 Å². The molecule has 1 aromatic heterocycles. The highest BCUT2D eigenvalue weighted by atomic mass is 16.1. The number of rotatable bonds is 8. The van der Waals surface area contributed by atoms with E-state index in [2.05, 4.69) is 55.4 Å². The largest absolute Gasteiger partial charge is 0.369 e. The summed E-state index contributed by atoms with van der Waals surface area (Å²) in [6, 6.07) is 17.7. The first kappa shape index (κ1) is 18.3. The topological polar surface area (TPSA) is 91.8 Å². The maximum absolute atomic E-state index is 11.1. The Morgan fingerprint density at radius 3 is 2.48 bits per heavy atom. The van der Waals surface area contributed by atoms with Gasteiger partial charge in [0.25, 0.3) is 0 Å². The highest BCUT2D eigenvalue weighted by Crippen LogP contribution is 2.17. The summed E-state index contributed by atoms with van der Waals surface area (Å²) in [4.78, 5) is 15.5. The highest BCUT2D eigenvalue weighted by Gasteiger charge is 2.02. The predicted molar refractivity (Wildman–Crippen MR) is 107 cm³/mol. The van der Waals surface area contributed by atoms with Crippen molar-refractivity contribution in [3.63, 3.8) is 0 Å². The molecule has 0 bridgehead atoms. The second kappa shape index (κ2) is 9.28. The molecule has 0 saturated heterocycles. The maximum Gasteiger partial charge on any atom is 0.249 e. The molecule has 3 N–H and O–H groups in total. The number of nitrogens with one attached hydrogen (secondary N) is 3. The molecule has 1 heterocycles. The third-order valence-electron chi connectivity index (χ3n) is 3.81. The van der Waals surface area contributed by atoms with Crippen molar-refractivity contribution in [3.05, 3.63) is 66.4 Å². The van der Waals surface area contributed by atoms with Gasteiger partial charge in [0.1, 0.15) is 0 Å². The number of hydrogen-bond acceptors (Lipinski definition) is 6. The fourth-order valence-corrected chi connectivity index (χ4v) is 2.56. The fraction of sp³-hybridized carbons (Fsp3) is 0.200. The Kier molecular flexibility index (Phi) is 6.30. The number of anilines is 4. The van der Waals surface area contributed by atoms with Crippen molar-refractivity contribution in [1.82, 2.24) is 15.2 Å². The lowest BCUT2D eigenvalue weighted by Gasteiger charge is -2.08. The van der Waals surface area contributed by atoms with Crippen LogP contribution in [0.15, 0.2) is 60.8 Å². The summed E-state index contributed by atoms with van der Waals surface area (Å²) in [5, 5.41) is 17.1. The van der Waals surface area contributed by atoms with Crippen LogP contribution in [0.3, 0.4) is 0 Å². The maximum atomic E-state index is 11.1. The zero-order chi connectivity index (χ0) is 18.9. The number of carbonyl (C=O) groups is 1. The molecule has 7 heteroatoms. The molecular formula is C20H22N6O. The van der Waals surface area contributed by atoms with Gasteiger partial charge in [-0.2, -0.15) is 10.1 Å². The monoisotopic (exact) mass is 362 g/mol. The third-order valence-corrected chi connectivity index (χ3v) is 3.81.